The number of carbonyl (C=O) groups excluding carboxylic acids is 1. The number of aliphatic carboxylic acids is 1. The van der Waals surface area contributed by atoms with E-state index in [1.165, 1.54) is 0 Å². The van der Waals surface area contributed by atoms with Gasteiger partial charge in [0.05, 0.1) is 6.42 Å². The molecule has 0 radical (unpaired) electrons. The minimum Gasteiger partial charge on any atom is -0.481 e. The number of hydrogen-bond acceptors (Lipinski definition) is 4. The predicted octanol–water partition coefficient (Wildman–Crippen LogP) is -0.724. The number of carbonyl (C=O) groups is 2. The van der Waals surface area contributed by atoms with Crippen LogP contribution in [0.25, 0.3) is 0 Å². The molecule has 62 valence electrons. The lowest BCUT2D eigenvalue weighted by Crippen LogP contribution is -2.31. The molecule has 5 heteroatoms. The third-order valence-electron chi connectivity index (χ3n) is 1.58. The number of esters is 1. The van der Waals surface area contributed by atoms with Gasteiger partial charge in [-0.15, -0.1) is 0 Å². The van der Waals surface area contributed by atoms with Crippen LogP contribution in [0.5, 0.6) is 0 Å². The van der Waals surface area contributed by atoms with Crippen molar-refractivity contribution in [2.45, 2.75) is 12.5 Å². The van der Waals surface area contributed by atoms with E-state index < -0.39 is 18.0 Å². The first-order valence-electron chi connectivity index (χ1n) is 3.20. The molecule has 0 bridgehead atoms. The molecule has 1 aliphatic heterocycles. The van der Waals surface area contributed by atoms with E-state index in [0.29, 0.717) is 0 Å². The van der Waals surface area contributed by atoms with Crippen molar-refractivity contribution in [3.63, 3.8) is 0 Å². The van der Waals surface area contributed by atoms with Crippen molar-refractivity contribution < 1.29 is 19.4 Å². The summed E-state index contributed by atoms with van der Waals surface area (Å²) in [6, 6.07) is -0.604. The van der Waals surface area contributed by atoms with Gasteiger partial charge in [-0.3, -0.25) is 14.5 Å². The standard InChI is InChI=1S/C6H9NO4/c1-7-3-11-6(10)4(7)2-5(8)9/h4H,2-3H2,1H3,(H,8,9). The summed E-state index contributed by atoms with van der Waals surface area (Å²) in [7, 11) is 1.65. The van der Waals surface area contributed by atoms with Gasteiger partial charge in [-0.2, -0.15) is 0 Å². The van der Waals surface area contributed by atoms with E-state index in [1.807, 2.05) is 0 Å². The van der Waals surface area contributed by atoms with Crippen LogP contribution < -0.4 is 0 Å². The van der Waals surface area contributed by atoms with Crippen LogP contribution in [0.2, 0.25) is 0 Å². The molecule has 0 aromatic rings. The highest BCUT2D eigenvalue weighted by Gasteiger charge is 2.33. The number of rotatable bonds is 2. The number of carboxylic acid groups (broad SMARTS) is 1. The Balaban J connectivity index is 2.54. The maximum Gasteiger partial charge on any atom is 0.325 e. The van der Waals surface area contributed by atoms with Crippen LogP contribution in [-0.4, -0.2) is 41.8 Å². The third kappa shape index (κ3) is 1.68. The van der Waals surface area contributed by atoms with Crippen LogP contribution in [0.15, 0.2) is 0 Å². The predicted molar refractivity (Wildman–Crippen MR) is 34.8 cm³/mol. The minimum absolute atomic E-state index is 0.185. The number of nitrogens with zero attached hydrogens (tertiary/aromatic N) is 1. The first kappa shape index (κ1) is 8.00. The van der Waals surface area contributed by atoms with Crippen LogP contribution in [0.1, 0.15) is 6.42 Å². The van der Waals surface area contributed by atoms with Gasteiger partial charge >= 0.3 is 11.9 Å². The Hall–Kier alpha value is -1.10. The topological polar surface area (TPSA) is 66.8 Å². The molecule has 1 atom stereocenters. The second kappa shape index (κ2) is 2.87. The van der Waals surface area contributed by atoms with Gasteiger partial charge in [-0.1, -0.05) is 0 Å². The lowest BCUT2D eigenvalue weighted by Gasteiger charge is -2.10. The summed E-state index contributed by atoms with van der Waals surface area (Å²) >= 11 is 0. The fourth-order valence-electron chi connectivity index (χ4n) is 0.936. The number of ether oxygens (including phenoxy) is 1. The lowest BCUT2D eigenvalue weighted by molar-refractivity contribution is -0.144. The Morgan fingerprint density at radius 1 is 1.91 bits per heavy atom. The van der Waals surface area contributed by atoms with Crippen molar-refractivity contribution in [3.05, 3.63) is 0 Å². The molecule has 1 heterocycles. The van der Waals surface area contributed by atoms with Gasteiger partial charge in [0, 0.05) is 0 Å². The second-order valence-corrected chi connectivity index (χ2v) is 2.46. The largest absolute Gasteiger partial charge is 0.481 e. The molecular weight excluding hydrogens is 150 g/mol. The van der Waals surface area contributed by atoms with E-state index in [0.717, 1.165) is 0 Å². The highest BCUT2D eigenvalue weighted by Crippen LogP contribution is 2.11. The van der Waals surface area contributed by atoms with Crippen molar-refractivity contribution in [1.82, 2.24) is 4.90 Å². The molecular formula is C6H9NO4. The van der Waals surface area contributed by atoms with Crippen molar-refractivity contribution in [1.29, 1.82) is 0 Å². The molecule has 0 amide bonds. The zero-order chi connectivity index (χ0) is 8.43. The normalized spacial score (nSPS) is 25.2. The SMILES string of the molecule is CN1COC(=O)C1CC(=O)O. The maximum atomic E-state index is 10.8. The number of cyclic esters (lactones) is 1. The van der Waals surface area contributed by atoms with Crippen LogP contribution in [0.3, 0.4) is 0 Å². The van der Waals surface area contributed by atoms with Gasteiger partial charge in [-0.05, 0) is 7.05 Å². The van der Waals surface area contributed by atoms with E-state index in [2.05, 4.69) is 4.74 Å². The average molecular weight is 159 g/mol. The van der Waals surface area contributed by atoms with Gasteiger partial charge < -0.3 is 9.84 Å². The van der Waals surface area contributed by atoms with E-state index in [1.54, 1.807) is 11.9 Å². The Morgan fingerprint density at radius 3 is 2.91 bits per heavy atom. The number of likely N-dealkylation sites (N-methyl/N-ethyl adjacent to an activating group) is 1. The molecule has 1 saturated heterocycles. The summed E-state index contributed by atoms with van der Waals surface area (Å²) < 4.78 is 4.60. The summed E-state index contributed by atoms with van der Waals surface area (Å²) in [6.45, 7) is 0.191. The van der Waals surface area contributed by atoms with Crippen molar-refractivity contribution in [3.8, 4) is 0 Å². The average Bonchev–Trinajstić information content (AvgIpc) is 2.18. The van der Waals surface area contributed by atoms with Crippen LogP contribution in [-0.2, 0) is 14.3 Å². The van der Waals surface area contributed by atoms with E-state index in [-0.39, 0.29) is 13.2 Å². The van der Waals surface area contributed by atoms with E-state index in [9.17, 15) is 9.59 Å². The minimum atomic E-state index is -0.985. The zero-order valence-corrected chi connectivity index (χ0v) is 6.11. The highest BCUT2D eigenvalue weighted by molar-refractivity contribution is 5.83. The molecule has 11 heavy (non-hydrogen) atoms. The van der Waals surface area contributed by atoms with Gasteiger partial charge in [0.2, 0.25) is 0 Å². The van der Waals surface area contributed by atoms with Crippen molar-refractivity contribution in [2.75, 3.05) is 13.8 Å². The Morgan fingerprint density at radius 2 is 2.55 bits per heavy atom. The second-order valence-electron chi connectivity index (χ2n) is 2.46. The Kier molecular flexibility index (Phi) is 2.09. The monoisotopic (exact) mass is 159 g/mol. The summed E-state index contributed by atoms with van der Waals surface area (Å²) in [6.07, 6.45) is -0.185. The van der Waals surface area contributed by atoms with Crippen molar-refractivity contribution in [2.24, 2.45) is 0 Å². The Bertz CT molecular complexity index is 191. The fraction of sp³-hybridized carbons (Fsp3) is 0.667. The summed E-state index contributed by atoms with van der Waals surface area (Å²) in [5.41, 5.74) is 0. The summed E-state index contributed by atoms with van der Waals surface area (Å²) in [5.74, 6) is -1.43. The summed E-state index contributed by atoms with van der Waals surface area (Å²) in [5, 5.41) is 8.38. The molecule has 0 aromatic heterocycles. The van der Waals surface area contributed by atoms with Gasteiger partial charge in [-0.25, -0.2) is 0 Å². The summed E-state index contributed by atoms with van der Waals surface area (Å²) in [4.78, 5) is 22.6. The smallest absolute Gasteiger partial charge is 0.325 e. The lowest BCUT2D eigenvalue weighted by atomic mass is 10.2. The molecule has 5 nitrogen and oxygen atoms in total. The van der Waals surface area contributed by atoms with Crippen molar-refractivity contribution >= 4 is 11.9 Å². The quantitative estimate of drug-likeness (QED) is 0.538. The molecule has 1 fully saturated rings. The molecule has 0 aromatic carbocycles. The highest BCUT2D eigenvalue weighted by atomic mass is 16.6. The number of hydrogen-bond donors (Lipinski definition) is 1. The zero-order valence-electron chi connectivity index (χ0n) is 6.11. The van der Waals surface area contributed by atoms with E-state index in [4.69, 9.17) is 5.11 Å². The Labute approximate surface area is 63.5 Å². The fourth-order valence-corrected chi connectivity index (χ4v) is 0.936. The van der Waals surface area contributed by atoms with Gasteiger partial charge in [0.15, 0.2) is 0 Å². The molecule has 1 rings (SSSR count). The molecule has 0 aliphatic carbocycles. The maximum absolute atomic E-state index is 10.8. The molecule has 1 unspecified atom stereocenters. The first-order valence-corrected chi connectivity index (χ1v) is 3.20. The van der Waals surface area contributed by atoms with E-state index >= 15 is 0 Å². The van der Waals surface area contributed by atoms with Crippen LogP contribution >= 0.6 is 0 Å². The molecule has 1 N–H and O–H groups in total. The van der Waals surface area contributed by atoms with Gasteiger partial charge in [0.25, 0.3) is 0 Å². The first-order chi connectivity index (χ1) is 5.11. The third-order valence-corrected chi connectivity index (χ3v) is 1.58. The van der Waals surface area contributed by atoms with Gasteiger partial charge in [0.1, 0.15) is 12.8 Å². The van der Waals surface area contributed by atoms with Crippen LogP contribution in [0, 0.1) is 0 Å². The molecule has 1 aliphatic rings. The number of carboxylic acids is 1. The molecule has 0 spiro atoms. The molecule has 0 saturated carbocycles. The van der Waals surface area contributed by atoms with Crippen LogP contribution in [0.4, 0.5) is 0 Å².